The van der Waals surface area contributed by atoms with E-state index in [1.807, 2.05) is 18.2 Å². The van der Waals surface area contributed by atoms with Crippen molar-refractivity contribution in [2.24, 2.45) is 0 Å². The van der Waals surface area contributed by atoms with Crippen molar-refractivity contribution in [3.63, 3.8) is 0 Å². The number of hydrogen-bond acceptors (Lipinski definition) is 6. The molecule has 2 aromatic carbocycles. The van der Waals surface area contributed by atoms with E-state index in [0.29, 0.717) is 23.0 Å². The third-order valence-electron chi connectivity index (χ3n) is 3.09. The molecule has 6 nitrogen and oxygen atoms in total. The van der Waals surface area contributed by atoms with Crippen molar-refractivity contribution in [1.29, 1.82) is 0 Å². The minimum absolute atomic E-state index is 0.116. The van der Waals surface area contributed by atoms with Gasteiger partial charge in [0.25, 0.3) is 0 Å². The van der Waals surface area contributed by atoms with Crippen LogP contribution < -0.4 is 18.9 Å². The van der Waals surface area contributed by atoms with E-state index in [0.717, 1.165) is 10.8 Å². The van der Waals surface area contributed by atoms with Crippen LogP contribution in [0.1, 0.15) is 0 Å². The summed E-state index contributed by atoms with van der Waals surface area (Å²) < 4.78 is 31.8. The topological polar surface area (TPSA) is 55.4 Å². The Balaban J connectivity index is 2.56. The highest BCUT2D eigenvalue weighted by molar-refractivity contribution is 5.96. The third kappa shape index (κ3) is 3.35. The van der Waals surface area contributed by atoms with Crippen molar-refractivity contribution in [1.82, 2.24) is 0 Å². The molecule has 0 saturated carbocycles. The fourth-order valence-corrected chi connectivity index (χ4v) is 2.15. The zero-order chi connectivity index (χ0) is 15.9. The maximum Gasteiger partial charge on any atom is 0.188 e. The van der Waals surface area contributed by atoms with E-state index < -0.39 is 0 Å². The van der Waals surface area contributed by atoms with Crippen LogP contribution in [0.25, 0.3) is 10.8 Å². The van der Waals surface area contributed by atoms with Gasteiger partial charge in [-0.1, -0.05) is 0 Å². The number of methoxy groups -OCH3 is 4. The summed E-state index contributed by atoms with van der Waals surface area (Å²) in [5.74, 6) is 2.48. The SMILES string of the molecule is COCOc1ccc2c(OC)cc(OCOC)c(OC)c2c1. The lowest BCUT2D eigenvalue weighted by Crippen LogP contribution is -2.02. The Hall–Kier alpha value is -2.18. The molecule has 0 aromatic heterocycles. The van der Waals surface area contributed by atoms with Gasteiger partial charge >= 0.3 is 0 Å². The van der Waals surface area contributed by atoms with Gasteiger partial charge in [-0.15, -0.1) is 0 Å². The first kappa shape index (κ1) is 16.2. The molecule has 0 bridgehead atoms. The number of fused-ring (bicyclic) bond motifs is 1. The highest BCUT2D eigenvalue weighted by Crippen LogP contribution is 2.42. The first-order chi connectivity index (χ1) is 10.7. The van der Waals surface area contributed by atoms with Crippen LogP contribution in [-0.2, 0) is 9.47 Å². The quantitative estimate of drug-likeness (QED) is 0.699. The molecule has 0 amide bonds. The summed E-state index contributed by atoms with van der Waals surface area (Å²) in [4.78, 5) is 0. The maximum atomic E-state index is 5.56. The second-order valence-electron chi connectivity index (χ2n) is 4.42. The molecular weight excluding hydrogens is 288 g/mol. The Morgan fingerprint density at radius 3 is 2.09 bits per heavy atom. The summed E-state index contributed by atoms with van der Waals surface area (Å²) in [5.41, 5.74) is 0. The highest BCUT2D eigenvalue weighted by Gasteiger charge is 2.15. The molecule has 22 heavy (non-hydrogen) atoms. The third-order valence-corrected chi connectivity index (χ3v) is 3.09. The molecule has 0 aliphatic rings. The van der Waals surface area contributed by atoms with Crippen LogP contribution in [-0.4, -0.2) is 42.0 Å². The second-order valence-corrected chi connectivity index (χ2v) is 4.42. The molecule has 0 radical (unpaired) electrons. The predicted octanol–water partition coefficient (Wildman–Crippen LogP) is 2.82. The standard InChI is InChI=1S/C16H20O6/c1-17-9-21-11-5-6-12-13(7-11)16(20-4)15(22-10-18-2)8-14(12)19-3/h5-8H,9-10H2,1-4H3. The summed E-state index contributed by atoms with van der Waals surface area (Å²) in [7, 11) is 6.32. The molecule has 0 saturated heterocycles. The molecule has 6 heteroatoms. The zero-order valence-electron chi connectivity index (χ0n) is 13.2. The van der Waals surface area contributed by atoms with E-state index in [2.05, 4.69) is 0 Å². The first-order valence-corrected chi connectivity index (χ1v) is 6.67. The van der Waals surface area contributed by atoms with Crippen molar-refractivity contribution >= 4 is 10.8 Å². The van der Waals surface area contributed by atoms with E-state index >= 15 is 0 Å². The van der Waals surface area contributed by atoms with Crippen molar-refractivity contribution in [2.75, 3.05) is 42.0 Å². The lowest BCUT2D eigenvalue weighted by molar-refractivity contribution is 0.0491. The molecule has 0 aliphatic carbocycles. The smallest absolute Gasteiger partial charge is 0.188 e. The van der Waals surface area contributed by atoms with Gasteiger partial charge in [0.05, 0.1) is 14.2 Å². The Labute approximate surface area is 129 Å². The minimum atomic E-state index is 0.116. The number of ether oxygens (including phenoxy) is 6. The fourth-order valence-electron chi connectivity index (χ4n) is 2.15. The Morgan fingerprint density at radius 2 is 1.45 bits per heavy atom. The number of rotatable bonds is 8. The van der Waals surface area contributed by atoms with Crippen molar-refractivity contribution in [3.05, 3.63) is 24.3 Å². The van der Waals surface area contributed by atoms with Crippen LogP contribution in [0, 0.1) is 0 Å². The van der Waals surface area contributed by atoms with E-state index in [9.17, 15) is 0 Å². The van der Waals surface area contributed by atoms with E-state index in [1.165, 1.54) is 0 Å². The van der Waals surface area contributed by atoms with Crippen LogP contribution in [0.3, 0.4) is 0 Å². The predicted molar refractivity (Wildman–Crippen MR) is 82.1 cm³/mol. The van der Waals surface area contributed by atoms with Crippen LogP contribution in [0.2, 0.25) is 0 Å². The number of benzene rings is 2. The van der Waals surface area contributed by atoms with Crippen LogP contribution in [0.15, 0.2) is 24.3 Å². The van der Waals surface area contributed by atoms with Crippen LogP contribution >= 0.6 is 0 Å². The fraction of sp³-hybridized carbons (Fsp3) is 0.375. The molecular formula is C16H20O6. The zero-order valence-corrected chi connectivity index (χ0v) is 13.2. The van der Waals surface area contributed by atoms with Gasteiger partial charge in [-0.05, 0) is 18.2 Å². The molecule has 120 valence electrons. The average Bonchev–Trinajstić information content (AvgIpc) is 2.56. The van der Waals surface area contributed by atoms with Crippen molar-refractivity contribution in [2.45, 2.75) is 0 Å². The first-order valence-electron chi connectivity index (χ1n) is 6.67. The molecule has 2 rings (SSSR count). The van der Waals surface area contributed by atoms with E-state index in [-0.39, 0.29) is 13.6 Å². The van der Waals surface area contributed by atoms with Gasteiger partial charge in [0, 0.05) is 31.1 Å². The lowest BCUT2D eigenvalue weighted by Gasteiger charge is -2.16. The van der Waals surface area contributed by atoms with Crippen molar-refractivity contribution in [3.8, 4) is 23.0 Å². The molecule has 0 spiro atoms. The molecule has 0 fully saturated rings. The van der Waals surface area contributed by atoms with Crippen LogP contribution in [0.4, 0.5) is 0 Å². The molecule has 0 N–H and O–H groups in total. The molecule has 2 aromatic rings. The van der Waals surface area contributed by atoms with Gasteiger partial charge in [0.2, 0.25) is 0 Å². The summed E-state index contributed by atoms with van der Waals surface area (Å²) in [5, 5.41) is 1.72. The lowest BCUT2D eigenvalue weighted by atomic mass is 10.1. The van der Waals surface area contributed by atoms with Gasteiger partial charge in [-0.25, -0.2) is 0 Å². The average molecular weight is 308 g/mol. The summed E-state index contributed by atoms with van der Waals surface area (Å²) in [6, 6.07) is 7.38. The Kier molecular flexibility index (Phi) is 5.68. The highest BCUT2D eigenvalue weighted by atomic mass is 16.7. The van der Waals surface area contributed by atoms with Crippen molar-refractivity contribution < 1.29 is 28.4 Å². The second kappa shape index (κ2) is 7.72. The summed E-state index contributed by atoms with van der Waals surface area (Å²) in [6.07, 6.45) is 0. The van der Waals surface area contributed by atoms with Gasteiger partial charge in [-0.3, -0.25) is 0 Å². The minimum Gasteiger partial charge on any atom is -0.496 e. The summed E-state index contributed by atoms with van der Waals surface area (Å²) >= 11 is 0. The Bertz CT molecular complexity index is 626. The van der Waals surface area contributed by atoms with Gasteiger partial charge in [0.15, 0.2) is 25.1 Å². The van der Waals surface area contributed by atoms with E-state index in [4.69, 9.17) is 28.4 Å². The molecule has 0 atom stereocenters. The van der Waals surface area contributed by atoms with Gasteiger partial charge in [-0.2, -0.15) is 0 Å². The van der Waals surface area contributed by atoms with Gasteiger partial charge < -0.3 is 28.4 Å². The van der Waals surface area contributed by atoms with Crippen LogP contribution in [0.5, 0.6) is 23.0 Å². The molecule has 0 unspecified atom stereocenters. The Morgan fingerprint density at radius 1 is 0.727 bits per heavy atom. The maximum absolute atomic E-state index is 5.56. The monoisotopic (exact) mass is 308 g/mol. The molecule has 0 aliphatic heterocycles. The normalized spacial score (nSPS) is 10.5. The molecule has 0 heterocycles. The summed E-state index contributed by atoms with van der Waals surface area (Å²) in [6.45, 7) is 0.287. The van der Waals surface area contributed by atoms with E-state index in [1.54, 1.807) is 34.5 Å². The van der Waals surface area contributed by atoms with Gasteiger partial charge in [0.1, 0.15) is 11.5 Å². The number of hydrogen-bond donors (Lipinski definition) is 0. The largest absolute Gasteiger partial charge is 0.496 e.